The lowest BCUT2D eigenvalue weighted by atomic mass is 10.0. The number of imidazole rings is 1. The summed E-state index contributed by atoms with van der Waals surface area (Å²) in [5.41, 5.74) is 3.14. The molecule has 1 aromatic heterocycles. The molecule has 32 heavy (non-hydrogen) atoms. The second kappa shape index (κ2) is 9.38. The second-order valence-electron chi connectivity index (χ2n) is 7.45. The van der Waals surface area contributed by atoms with Gasteiger partial charge in [-0.05, 0) is 48.9 Å². The zero-order chi connectivity index (χ0) is 22.7. The second-order valence-corrected chi connectivity index (χ2v) is 7.89. The van der Waals surface area contributed by atoms with Crippen LogP contribution in [0.25, 0.3) is 11.0 Å². The number of carbonyl (C=O) groups excluding carboxylic acids is 2. The van der Waals surface area contributed by atoms with Crippen molar-refractivity contribution in [2.75, 3.05) is 31.3 Å². The third-order valence-corrected chi connectivity index (χ3v) is 5.43. The van der Waals surface area contributed by atoms with E-state index in [-0.39, 0.29) is 25.2 Å². The van der Waals surface area contributed by atoms with E-state index in [0.29, 0.717) is 40.7 Å². The van der Waals surface area contributed by atoms with Crippen LogP contribution in [-0.2, 0) is 4.74 Å². The lowest BCUT2D eigenvalue weighted by molar-refractivity contribution is 0.0798. The van der Waals surface area contributed by atoms with Crippen LogP contribution in [-0.4, -0.2) is 53.1 Å². The number of benzene rings is 2. The number of fused-ring (bicyclic) bond motifs is 1. The molecular formula is C24H23ClN4O3. The van der Waals surface area contributed by atoms with E-state index in [9.17, 15) is 9.59 Å². The van der Waals surface area contributed by atoms with Crippen LogP contribution < -0.4 is 4.90 Å². The van der Waals surface area contributed by atoms with Crippen molar-refractivity contribution in [1.29, 1.82) is 0 Å². The molecular weight excluding hydrogens is 428 g/mol. The fourth-order valence-corrected chi connectivity index (χ4v) is 3.71. The molecule has 1 N–H and O–H groups in total. The minimum absolute atomic E-state index is 0.0163. The maximum Gasteiger partial charge on any atom is 0.262 e. The van der Waals surface area contributed by atoms with Gasteiger partial charge in [-0.25, -0.2) is 4.98 Å². The van der Waals surface area contributed by atoms with E-state index in [1.54, 1.807) is 47.4 Å². The molecule has 0 aliphatic carbocycles. The van der Waals surface area contributed by atoms with Gasteiger partial charge in [-0.3, -0.25) is 14.5 Å². The number of aryl methyl sites for hydroxylation is 1. The zero-order valence-electron chi connectivity index (χ0n) is 17.7. The molecule has 1 aliphatic heterocycles. The summed E-state index contributed by atoms with van der Waals surface area (Å²) in [5, 5.41) is 0.556. The van der Waals surface area contributed by atoms with Gasteiger partial charge in [0.05, 0.1) is 17.6 Å². The van der Waals surface area contributed by atoms with E-state index in [1.165, 1.54) is 4.90 Å². The number of H-pyrrole nitrogens is 1. The molecule has 0 saturated heterocycles. The van der Waals surface area contributed by atoms with Gasteiger partial charge >= 0.3 is 0 Å². The molecule has 0 spiro atoms. The molecule has 4 rings (SSSR count). The number of carbonyl (C=O) groups is 2. The first-order chi connectivity index (χ1) is 15.5. The van der Waals surface area contributed by atoms with Gasteiger partial charge in [-0.2, -0.15) is 0 Å². The predicted octanol–water partition coefficient (Wildman–Crippen LogP) is 4.34. The summed E-state index contributed by atoms with van der Waals surface area (Å²) in [6, 6.07) is 10.4. The molecule has 3 aromatic rings. The van der Waals surface area contributed by atoms with Crippen LogP contribution in [0, 0.1) is 6.92 Å². The maximum atomic E-state index is 13.4. The molecule has 1 aliphatic rings. The van der Waals surface area contributed by atoms with Crippen LogP contribution in [0.4, 0.5) is 5.95 Å². The number of aromatic amines is 1. The number of amides is 2. The van der Waals surface area contributed by atoms with Crippen molar-refractivity contribution in [3.8, 4) is 0 Å². The number of halogens is 1. The number of anilines is 1. The summed E-state index contributed by atoms with van der Waals surface area (Å²) in [4.78, 5) is 37.0. The molecule has 0 unspecified atom stereocenters. The number of rotatable bonds is 7. The van der Waals surface area contributed by atoms with Gasteiger partial charge in [0.2, 0.25) is 5.95 Å². The molecule has 0 fully saturated rings. The fraction of sp³-hybridized carbons (Fsp3) is 0.208. The van der Waals surface area contributed by atoms with Gasteiger partial charge in [-0.1, -0.05) is 29.8 Å². The zero-order valence-corrected chi connectivity index (χ0v) is 18.4. The van der Waals surface area contributed by atoms with E-state index in [0.717, 1.165) is 11.1 Å². The number of nitrogens with one attached hydrogen (secondary N) is 1. The Bertz CT molecular complexity index is 1210. The number of hydrogen-bond acceptors (Lipinski definition) is 4. The number of hydrogen-bond donors (Lipinski definition) is 1. The standard InChI is InChI=1S/C24H23ClN4O3/c1-3-12-32-15-29(24-26-20-9-7-18(25)14-21(20)27-24)22(30)17-6-8-19(16(2)13-17)23(31)28-10-4-5-11-28/h3-9,13-14H,1,10-12,15H2,2H3,(H,26,27). The van der Waals surface area contributed by atoms with Crippen LogP contribution >= 0.6 is 11.6 Å². The average Bonchev–Trinajstić information content (AvgIpc) is 3.45. The summed E-state index contributed by atoms with van der Waals surface area (Å²) >= 11 is 6.07. The minimum Gasteiger partial charge on any atom is -0.356 e. The van der Waals surface area contributed by atoms with E-state index < -0.39 is 0 Å². The lowest BCUT2D eigenvalue weighted by Crippen LogP contribution is -2.34. The molecule has 0 bridgehead atoms. The largest absolute Gasteiger partial charge is 0.356 e. The number of ether oxygens (including phenoxy) is 1. The fourth-order valence-electron chi connectivity index (χ4n) is 3.54. The van der Waals surface area contributed by atoms with Crippen LogP contribution in [0.1, 0.15) is 26.3 Å². The van der Waals surface area contributed by atoms with Crippen LogP contribution in [0.5, 0.6) is 0 Å². The highest BCUT2D eigenvalue weighted by Gasteiger charge is 2.24. The first kappa shape index (κ1) is 21.8. The molecule has 8 heteroatoms. The average molecular weight is 451 g/mol. The van der Waals surface area contributed by atoms with Gasteiger partial charge in [-0.15, -0.1) is 6.58 Å². The molecule has 7 nitrogen and oxygen atoms in total. The summed E-state index contributed by atoms with van der Waals surface area (Å²) < 4.78 is 5.55. The monoisotopic (exact) mass is 450 g/mol. The third kappa shape index (κ3) is 4.44. The van der Waals surface area contributed by atoms with Crippen molar-refractivity contribution in [2.24, 2.45) is 0 Å². The highest BCUT2D eigenvalue weighted by Crippen LogP contribution is 2.23. The normalized spacial score (nSPS) is 13.0. The van der Waals surface area contributed by atoms with Crippen LogP contribution in [0.2, 0.25) is 5.02 Å². The van der Waals surface area contributed by atoms with Crippen molar-refractivity contribution in [3.63, 3.8) is 0 Å². The van der Waals surface area contributed by atoms with Gasteiger partial charge in [0, 0.05) is 29.2 Å². The molecule has 0 radical (unpaired) electrons. The first-order valence-electron chi connectivity index (χ1n) is 10.2. The molecule has 2 amide bonds. The first-order valence-corrected chi connectivity index (χ1v) is 10.6. The predicted molar refractivity (Wildman–Crippen MR) is 125 cm³/mol. The van der Waals surface area contributed by atoms with Crippen molar-refractivity contribution in [1.82, 2.24) is 14.9 Å². The Morgan fingerprint density at radius 1 is 1.25 bits per heavy atom. The quantitative estimate of drug-likeness (QED) is 0.330. The summed E-state index contributed by atoms with van der Waals surface area (Å²) in [5.74, 6) is -0.00624. The molecule has 0 atom stereocenters. The Morgan fingerprint density at radius 3 is 2.75 bits per heavy atom. The molecule has 0 saturated carbocycles. The Labute approximate surface area is 190 Å². The smallest absolute Gasteiger partial charge is 0.262 e. The van der Waals surface area contributed by atoms with E-state index >= 15 is 0 Å². The third-order valence-electron chi connectivity index (χ3n) is 5.20. The highest BCUT2D eigenvalue weighted by molar-refractivity contribution is 6.31. The maximum absolute atomic E-state index is 13.4. The van der Waals surface area contributed by atoms with Gasteiger partial charge < -0.3 is 14.6 Å². The molecule has 2 aromatic carbocycles. The van der Waals surface area contributed by atoms with Crippen molar-refractivity contribution >= 4 is 40.4 Å². The van der Waals surface area contributed by atoms with Gasteiger partial charge in [0.1, 0.15) is 6.73 Å². The highest BCUT2D eigenvalue weighted by atomic mass is 35.5. The molecule has 2 heterocycles. The summed E-state index contributed by atoms with van der Waals surface area (Å²) in [7, 11) is 0. The SMILES string of the molecule is C=CCOCN(C(=O)c1ccc(C(=O)N2CC=CC2)c(C)c1)c1nc2cc(Cl)ccc2[nH]1. The molecule has 164 valence electrons. The Morgan fingerprint density at radius 2 is 2.03 bits per heavy atom. The van der Waals surface area contributed by atoms with Crippen molar-refractivity contribution < 1.29 is 14.3 Å². The summed E-state index contributed by atoms with van der Waals surface area (Å²) in [6.45, 7) is 6.94. The Hall–Kier alpha value is -3.42. The van der Waals surface area contributed by atoms with Gasteiger partial charge in [0.15, 0.2) is 0 Å². The summed E-state index contributed by atoms with van der Waals surface area (Å²) in [6.07, 6.45) is 5.54. The minimum atomic E-state index is -0.302. The lowest BCUT2D eigenvalue weighted by Gasteiger charge is -2.21. The van der Waals surface area contributed by atoms with E-state index in [4.69, 9.17) is 16.3 Å². The van der Waals surface area contributed by atoms with Crippen molar-refractivity contribution in [2.45, 2.75) is 6.92 Å². The van der Waals surface area contributed by atoms with E-state index in [1.807, 2.05) is 19.1 Å². The topological polar surface area (TPSA) is 78.5 Å². The van der Waals surface area contributed by atoms with Crippen molar-refractivity contribution in [3.05, 3.63) is 82.9 Å². The van der Waals surface area contributed by atoms with Crippen LogP contribution in [0.15, 0.2) is 61.2 Å². The number of aromatic nitrogens is 2. The van der Waals surface area contributed by atoms with E-state index in [2.05, 4.69) is 16.5 Å². The Kier molecular flexibility index (Phi) is 6.39. The Balaban J connectivity index is 1.63. The number of nitrogens with zero attached hydrogens (tertiary/aromatic N) is 3. The van der Waals surface area contributed by atoms with Gasteiger partial charge in [0.25, 0.3) is 11.8 Å². The van der Waals surface area contributed by atoms with Crippen LogP contribution in [0.3, 0.4) is 0 Å².